The van der Waals surface area contributed by atoms with E-state index in [4.69, 9.17) is 0 Å². The van der Waals surface area contributed by atoms with Gasteiger partial charge in [0, 0.05) is 38.9 Å². The molecule has 0 fully saturated rings. The van der Waals surface area contributed by atoms with Crippen molar-refractivity contribution in [1.29, 1.82) is 5.26 Å². The van der Waals surface area contributed by atoms with Crippen molar-refractivity contribution in [3.8, 4) is 50.8 Å². The molecule has 0 radical (unpaired) electrons. The number of hydrogen-bond donors (Lipinski definition) is 0. The van der Waals surface area contributed by atoms with Gasteiger partial charge in [0.25, 0.3) is 0 Å². The van der Waals surface area contributed by atoms with Crippen LogP contribution in [0.25, 0.3) is 88.4 Å². The fourth-order valence-electron chi connectivity index (χ4n) is 8.96. The van der Waals surface area contributed by atoms with Gasteiger partial charge in [-0.15, -0.1) is 0 Å². The first kappa shape index (κ1) is 41.2. The molecule has 0 saturated heterocycles. The molecule has 0 unspecified atom stereocenters. The van der Waals surface area contributed by atoms with Gasteiger partial charge in [0.05, 0.1) is 68.0 Å². The molecule has 3 heterocycles. The number of aromatic nitrogens is 3. The van der Waals surface area contributed by atoms with Crippen LogP contribution in [0.4, 0.5) is 39.5 Å². The van der Waals surface area contributed by atoms with Crippen LogP contribution in [0, 0.1) is 18.3 Å². The molecule has 7 aromatic carbocycles. The second kappa shape index (κ2) is 14.9. The van der Waals surface area contributed by atoms with Crippen LogP contribution < -0.4 is 0 Å². The zero-order chi connectivity index (χ0) is 45.6. The van der Waals surface area contributed by atoms with Crippen molar-refractivity contribution in [1.82, 2.24) is 14.1 Å². The minimum Gasteiger partial charge on any atom is -0.309 e. The number of pyridine rings is 1. The summed E-state index contributed by atoms with van der Waals surface area (Å²) >= 11 is 0. The summed E-state index contributed by atoms with van der Waals surface area (Å²) in [7, 11) is 0. The fourth-order valence-corrected chi connectivity index (χ4v) is 8.96. The normalized spacial score (nSPS) is 12.4. The molecule has 10 aromatic rings. The van der Waals surface area contributed by atoms with E-state index in [0.717, 1.165) is 23.0 Å². The van der Waals surface area contributed by atoms with Crippen molar-refractivity contribution in [2.45, 2.75) is 25.5 Å². The lowest BCUT2D eigenvalue weighted by molar-refractivity contribution is -0.143. The molecule has 0 aliphatic rings. The van der Waals surface area contributed by atoms with E-state index in [2.05, 4.69) is 11.1 Å². The summed E-state index contributed by atoms with van der Waals surface area (Å²) in [5.74, 6) is 0. The number of alkyl halides is 9. The molecule has 65 heavy (non-hydrogen) atoms. The van der Waals surface area contributed by atoms with Gasteiger partial charge >= 0.3 is 18.5 Å². The van der Waals surface area contributed by atoms with E-state index in [0.29, 0.717) is 78.0 Å². The first-order valence-electron chi connectivity index (χ1n) is 20.0. The molecule has 10 rings (SSSR count). The number of para-hydroxylation sites is 2. The molecule has 13 heteroatoms. The number of rotatable bonds is 5. The number of halogens is 9. The monoisotopic (exact) mass is 880 g/mol. The van der Waals surface area contributed by atoms with Gasteiger partial charge in [-0.3, -0.25) is 4.98 Å². The number of aryl methyl sites for hydroxylation is 1. The van der Waals surface area contributed by atoms with Crippen LogP contribution in [0.2, 0.25) is 0 Å². The Morgan fingerprint density at radius 1 is 0.462 bits per heavy atom. The van der Waals surface area contributed by atoms with E-state index in [-0.39, 0.29) is 17.2 Å². The summed E-state index contributed by atoms with van der Waals surface area (Å²) in [4.78, 5) is 4.49. The molecule has 0 aliphatic carbocycles. The second-order valence-corrected chi connectivity index (χ2v) is 15.7. The van der Waals surface area contributed by atoms with Crippen molar-refractivity contribution in [3.05, 3.63) is 186 Å². The number of nitriles is 1. The van der Waals surface area contributed by atoms with E-state index in [1.807, 2.05) is 39.5 Å². The Morgan fingerprint density at radius 3 is 1.57 bits per heavy atom. The molecule has 0 atom stereocenters. The molecule has 0 saturated carbocycles. The van der Waals surface area contributed by atoms with Gasteiger partial charge in [-0.25, -0.2) is 0 Å². The van der Waals surface area contributed by atoms with Crippen LogP contribution in [0.15, 0.2) is 158 Å². The average Bonchev–Trinajstić information content (AvgIpc) is 3.79. The lowest BCUT2D eigenvalue weighted by Crippen LogP contribution is -2.12. The summed E-state index contributed by atoms with van der Waals surface area (Å²) in [5.41, 5.74) is 2.30. The van der Waals surface area contributed by atoms with Gasteiger partial charge < -0.3 is 9.13 Å². The maximum Gasteiger partial charge on any atom is 0.417 e. The van der Waals surface area contributed by atoms with Crippen LogP contribution in [0.1, 0.15) is 27.8 Å². The van der Waals surface area contributed by atoms with E-state index in [1.165, 1.54) is 18.2 Å². The topological polar surface area (TPSA) is 46.5 Å². The van der Waals surface area contributed by atoms with Crippen LogP contribution in [-0.4, -0.2) is 14.1 Å². The predicted octanol–water partition coefficient (Wildman–Crippen LogP) is 15.5. The molecule has 4 nitrogen and oxygen atoms in total. The molecular weight excluding hydrogens is 852 g/mol. The minimum absolute atomic E-state index is 0.0424. The molecule has 0 N–H and O–H groups in total. The average molecular weight is 881 g/mol. The smallest absolute Gasteiger partial charge is 0.309 e. The highest BCUT2D eigenvalue weighted by molar-refractivity contribution is 6.13. The number of hydrogen-bond acceptors (Lipinski definition) is 2. The number of benzene rings is 7. The van der Waals surface area contributed by atoms with E-state index < -0.39 is 40.8 Å². The van der Waals surface area contributed by atoms with Crippen molar-refractivity contribution in [2.75, 3.05) is 0 Å². The van der Waals surface area contributed by atoms with Crippen molar-refractivity contribution < 1.29 is 39.5 Å². The first-order valence-corrected chi connectivity index (χ1v) is 20.0. The predicted molar refractivity (Wildman–Crippen MR) is 234 cm³/mol. The summed E-state index contributed by atoms with van der Waals surface area (Å²) in [5, 5.41) is 12.8. The fraction of sp³-hybridized carbons (Fsp3) is 0.0769. The summed E-state index contributed by atoms with van der Waals surface area (Å²) < 4.78 is 131. The highest BCUT2D eigenvalue weighted by atomic mass is 19.4. The maximum atomic E-state index is 14.4. The van der Waals surface area contributed by atoms with Crippen molar-refractivity contribution in [2.24, 2.45) is 0 Å². The highest BCUT2D eigenvalue weighted by Crippen LogP contribution is 2.46. The first-order chi connectivity index (χ1) is 31.0. The van der Waals surface area contributed by atoms with Crippen LogP contribution >= 0.6 is 0 Å². The number of fused-ring (bicyclic) bond motifs is 6. The third-order valence-corrected chi connectivity index (χ3v) is 11.8. The van der Waals surface area contributed by atoms with Gasteiger partial charge in [0.1, 0.15) is 0 Å². The van der Waals surface area contributed by atoms with Gasteiger partial charge in [-0.2, -0.15) is 44.8 Å². The molecule has 3 aromatic heterocycles. The molecule has 0 bridgehead atoms. The minimum atomic E-state index is -5.09. The Labute approximate surface area is 363 Å². The van der Waals surface area contributed by atoms with Crippen LogP contribution in [0.5, 0.6) is 0 Å². The Morgan fingerprint density at radius 2 is 1.00 bits per heavy atom. The molecular formula is C52H29F9N4. The SMILES string of the molecule is Cc1ccc(-c2ccc3c(c2)c2ccccc2n3-c2ccc(C#N)cc2-c2ccncc2-n2c3ccccc3c3cc(-c4ccc(C(F)(F)F)cc4C(F)(F)F)ccc32)c(C(F)(F)F)c1. The Kier molecular flexibility index (Phi) is 9.42. The maximum absolute atomic E-state index is 14.4. The van der Waals surface area contributed by atoms with E-state index in [9.17, 15) is 44.8 Å². The standard InChI is InChI=1S/C52H29F9N4/c1-29-10-15-34(42(22-29)51(56,57)58)31-12-18-47-40(24-31)36-6-2-4-8-44(36)64(47)46-17-11-30(27-62)23-39(46)38-20-21-63-28-49(38)65-45-9-5-3-7-37(45)41-25-32(13-19-48(41)65)35-16-14-33(50(53,54)55)26-43(35)52(59,60)61/h2-26,28H,1H3. The van der Waals surface area contributed by atoms with Gasteiger partial charge in [-0.1, -0.05) is 72.3 Å². The molecule has 0 spiro atoms. The van der Waals surface area contributed by atoms with Crippen molar-refractivity contribution in [3.63, 3.8) is 0 Å². The third kappa shape index (κ3) is 6.93. The van der Waals surface area contributed by atoms with Gasteiger partial charge in [0.15, 0.2) is 0 Å². The van der Waals surface area contributed by atoms with Crippen LogP contribution in [-0.2, 0) is 18.5 Å². The highest BCUT2D eigenvalue weighted by Gasteiger charge is 2.39. The lowest BCUT2D eigenvalue weighted by Gasteiger charge is -2.19. The van der Waals surface area contributed by atoms with Gasteiger partial charge in [-0.05, 0) is 108 Å². The van der Waals surface area contributed by atoms with Gasteiger partial charge in [0.2, 0.25) is 0 Å². The Hall–Kier alpha value is -7.85. The largest absolute Gasteiger partial charge is 0.417 e. The number of nitrogens with zero attached hydrogens (tertiary/aromatic N) is 4. The molecule has 0 aliphatic heterocycles. The summed E-state index contributed by atoms with van der Waals surface area (Å²) in [6, 6.07) is 39.6. The molecule has 320 valence electrons. The second-order valence-electron chi connectivity index (χ2n) is 15.7. The van der Waals surface area contributed by atoms with Crippen LogP contribution in [0.3, 0.4) is 0 Å². The summed E-state index contributed by atoms with van der Waals surface area (Å²) in [6.07, 6.45) is -11.4. The Balaban J connectivity index is 1.19. The van der Waals surface area contributed by atoms with E-state index in [1.54, 1.807) is 92.1 Å². The quantitative estimate of drug-likeness (QED) is 0.162. The lowest BCUT2D eigenvalue weighted by atomic mass is 9.95. The zero-order valence-electron chi connectivity index (χ0n) is 33.7. The van der Waals surface area contributed by atoms with E-state index >= 15 is 0 Å². The molecule has 0 amide bonds. The third-order valence-electron chi connectivity index (χ3n) is 11.8. The van der Waals surface area contributed by atoms with Crippen molar-refractivity contribution >= 4 is 43.6 Å². The Bertz CT molecular complexity index is 3600. The zero-order valence-corrected chi connectivity index (χ0v) is 33.7. The summed E-state index contributed by atoms with van der Waals surface area (Å²) in [6.45, 7) is 1.61.